The maximum atomic E-state index is 12.3. The van der Waals surface area contributed by atoms with E-state index in [2.05, 4.69) is 4.72 Å². The van der Waals surface area contributed by atoms with Crippen molar-refractivity contribution in [1.29, 1.82) is 0 Å². The van der Waals surface area contributed by atoms with Gasteiger partial charge in [0.2, 0.25) is 10.0 Å². The third-order valence-electron chi connectivity index (χ3n) is 3.12. The van der Waals surface area contributed by atoms with Gasteiger partial charge in [-0.1, -0.05) is 48.5 Å². The van der Waals surface area contributed by atoms with Gasteiger partial charge in [0, 0.05) is 0 Å². The minimum atomic E-state index is -3.70. The highest BCUT2D eigenvalue weighted by atomic mass is 32.2. The zero-order chi connectivity index (χ0) is 15.3. The number of sulfonamides is 1. The first-order valence-electron chi connectivity index (χ1n) is 6.61. The average molecular weight is 303 g/mol. The standard InChI is InChI=1S/C16H17NO3S/c1-13(18)16(12-14-8-4-2-5-9-14)17-21(19,20)15-10-6-3-7-11-15/h2-11,16-17H,12H2,1H3/t16-/m0/s1. The molecule has 1 atom stereocenters. The van der Waals surface area contributed by atoms with Crippen LogP contribution in [0.2, 0.25) is 0 Å². The number of Topliss-reactive ketones (excluding diaryl/α,β-unsaturated/α-hetero) is 1. The van der Waals surface area contributed by atoms with Crippen LogP contribution in [0.3, 0.4) is 0 Å². The smallest absolute Gasteiger partial charge is 0.241 e. The Morgan fingerprint density at radius 2 is 1.52 bits per heavy atom. The van der Waals surface area contributed by atoms with Gasteiger partial charge in [-0.25, -0.2) is 13.1 Å². The van der Waals surface area contributed by atoms with E-state index >= 15 is 0 Å². The second-order valence-electron chi connectivity index (χ2n) is 4.79. The lowest BCUT2D eigenvalue weighted by atomic mass is 10.0. The largest absolute Gasteiger partial charge is 0.298 e. The molecule has 4 nitrogen and oxygen atoms in total. The van der Waals surface area contributed by atoms with E-state index in [1.807, 2.05) is 30.3 Å². The quantitative estimate of drug-likeness (QED) is 0.889. The van der Waals surface area contributed by atoms with Crippen LogP contribution in [0.15, 0.2) is 65.6 Å². The molecule has 0 aliphatic heterocycles. The molecule has 2 aromatic rings. The molecule has 0 aromatic heterocycles. The molecule has 0 radical (unpaired) electrons. The molecule has 0 fully saturated rings. The van der Waals surface area contributed by atoms with Crippen LogP contribution in [0, 0.1) is 0 Å². The fourth-order valence-corrected chi connectivity index (χ4v) is 3.25. The second-order valence-corrected chi connectivity index (χ2v) is 6.50. The van der Waals surface area contributed by atoms with Gasteiger partial charge in [0.15, 0.2) is 0 Å². The molecule has 0 saturated heterocycles. The van der Waals surface area contributed by atoms with Crippen LogP contribution in [-0.2, 0) is 21.2 Å². The summed E-state index contributed by atoms with van der Waals surface area (Å²) in [6, 6.07) is 16.6. The summed E-state index contributed by atoms with van der Waals surface area (Å²) in [7, 11) is -3.70. The number of carbonyl (C=O) groups is 1. The van der Waals surface area contributed by atoms with Gasteiger partial charge in [-0.15, -0.1) is 0 Å². The Bertz CT molecular complexity index is 697. The molecule has 110 valence electrons. The lowest BCUT2D eigenvalue weighted by Gasteiger charge is -2.16. The van der Waals surface area contributed by atoms with Crippen LogP contribution in [0.25, 0.3) is 0 Å². The SMILES string of the molecule is CC(=O)[C@H](Cc1ccccc1)NS(=O)(=O)c1ccccc1. The summed E-state index contributed by atoms with van der Waals surface area (Å²) in [6.07, 6.45) is 0.336. The van der Waals surface area contributed by atoms with Crippen molar-refractivity contribution in [1.82, 2.24) is 4.72 Å². The number of nitrogens with one attached hydrogen (secondary N) is 1. The topological polar surface area (TPSA) is 63.2 Å². The summed E-state index contributed by atoms with van der Waals surface area (Å²) in [5.74, 6) is -0.210. The van der Waals surface area contributed by atoms with Crippen LogP contribution < -0.4 is 4.72 Å². The molecule has 2 aromatic carbocycles. The predicted octanol–water partition coefficient (Wildman–Crippen LogP) is 2.17. The average Bonchev–Trinajstić information content (AvgIpc) is 2.48. The number of ketones is 1. The molecule has 0 aliphatic rings. The van der Waals surface area contributed by atoms with Crippen LogP contribution in [0.4, 0.5) is 0 Å². The van der Waals surface area contributed by atoms with E-state index in [0.29, 0.717) is 6.42 Å². The third kappa shape index (κ3) is 4.24. The van der Waals surface area contributed by atoms with E-state index in [0.717, 1.165) is 5.56 Å². The number of rotatable bonds is 6. The molecule has 0 saturated carbocycles. The van der Waals surface area contributed by atoms with E-state index < -0.39 is 16.1 Å². The van der Waals surface area contributed by atoms with Gasteiger partial charge in [-0.05, 0) is 31.0 Å². The van der Waals surface area contributed by atoms with Gasteiger partial charge in [-0.2, -0.15) is 0 Å². The van der Waals surface area contributed by atoms with Gasteiger partial charge >= 0.3 is 0 Å². The zero-order valence-electron chi connectivity index (χ0n) is 11.7. The molecule has 0 amide bonds. The summed E-state index contributed by atoms with van der Waals surface area (Å²) in [6.45, 7) is 1.39. The fourth-order valence-electron chi connectivity index (χ4n) is 1.97. The minimum Gasteiger partial charge on any atom is -0.298 e. The number of benzene rings is 2. The summed E-state index contributed by atoms with van der Waals surface area (Å²) < 4.78 is 27.0. The summed E-state index contributed by atoms with van der Waals surface area (Å²) >= 11 is 0. The third-order valence-corrected chi connectivity index (χ3v) is 4.61. The lowest BCUT2D eigenvalue weighted by molar-refractivity contribution is -0.118. The van der Waals surface area contributed by atoms with Crippen molar-refractivity contribution in [3.8, 4) is 0 Å². The van der Waals surface area contributed by atoms with Crippen LogP contribution in [0.5, 0.6) is 0 Å². The van der Waals surface area contributed by atoms with Crippen molar-refractivity contribution >= 4 is 15.8 Å². The number of carbonyl (C=O) groups excluding carboxylic acids is 1. The minimum absolute atomic E-state index is 0.157. The molecule has 0 unspecified atom stereocenters. The Balaban J connectivity index is 2.19. The van der Waals surface area contributed by atoms with Crippen molar-refractivity contribution in [2.45, 2.75) is 24.3 Å². The Kier molecular flexibility index (Phi) is 4.88. The normalized spacial score (nSPS) is 12.8. The highest BCUT2D eigenvalue weighted by Crippen LogP contribution is 2.11. The van der Waals surface area contributed by atoms with Gasteiger partial charge in [-0.3, -0.25) is 4.79 Å². The lowest BCUT2D eigenvalue weighted by Crippen LogP contribution is -2.41. The molecular weight excluding hydrogens is 286 g/mol. The Hall–Kier alpha value is -1.98. The molecule has 1 N–H and O–H groups in total. The van der Waals surface area contributed by atoms with Gasteiger partial charge in [0.1, 0.15) is 5.78 Å². The van der Waals surface area contributed by atoms with Crippen LogP contribution in [0.1, 0.15) is 12.5 Å². The second kappa shape index (κ2) is 6.65. The Morgan fingerprint density at radius 3 is 2.05 bits per heavy atom. The van der Waals surface area contributed by atoms with Crippen molar-refractivity contribution in [2.75, 3.05) is 0 Å². The fraction of sp³-hybridized carbons (Fsp3) is 0.188. The summed E-state index contributed by atoms with van der Waals surface area (Å²) in [5, 5.41) is 0. The van der Waals surface area contributed by atoms with Gasteiger partial charge < -0.3 is 0 Å². The first kappa shape index (κ1) is 15.4. The van der Waals surface area contributed by atoms with Gasteiger partial charge in [0.25, 0.3) is 0 Å². The molecule has 5 heteroatoms. The van der Waals surface area contributed by atoms with Crippen LogP contribution >= 0.6 is 0 Å². The summed E-state index contributed by atoms with van der Waals surface area (Å²) in [5.41, 5.74) is 0.911. The van der Waals surface area contributed by atoms with E-state index in [1.165, 1.54) is 19.1 Å². The van der Waals surface area contributed by atoms with E-state index in [-0.39, 0.29) is 10.7 Å². The maximum absolute atomic E-state index is 12.3. The van der Waals surface area contributed by atoms with Crippen molar-refractivity contribution < 1.29 is 13.2 Å². The molecule has 0 aliphatic carbocycles. The van der Waals surface area contributed by atoms with E-state index in [4.69, 9.17) is 0 Å². The van der Waals surface area contributed by atoms with E-state index in [1.54, 1.807) is 18.2 Å². The van der Waals surface area contributed by atoms with E-state index in [9.17, 15) is 13.2 Å². The van der Waals surface area contributed by atoms with Crippen molar-refractivity contribution in [3.05, 3.63) is 66.2 Å². The monoisotopic (exact) mass is 303 g/mol. The number of hydrogen-bond donors (Lipinski definition) is 1. The van der Waals surface area contributed by atoms with Crippen molar-refractivity contribution in [3.63, 3.8) is 0 Å². The first-order valence-corrected chi connectivity index (χ1v) is 8.09. The Labute approximate surface area is 124 Å². The zero-order valence-corrected chi connectivity index (χ0v) is 12.5. The first-order chi connectivity index (χ1) is 9.99. The molecular formula is C16H17NO3S. The predicted molar refractivity (Wildman–Crippen MR) is 81.4 cm³/mol. The molecule has 0 heterocycles. The molecule has 21 heavy (non-hydrogen) atoms. The van der Waals surface area contributed by atoms with Crippen LogP contribution in [-0.4, -0.2) is 20.2 Å². The molecule has 2 rings (SSSR count). The number of hydrogen-bond acceptors (Lipinski definition) is 3. The summed E-state index contributed by atoms with van der Waals surface area (Å²) in [4.78, 5) is 11.9. The molecule has 0 bridgehead atoms. The highest BCUT2D eigenvalue weighted by molar-refractivity contribution is 7.89. The highest BCUT2D eigenvalue weighted by Gasteiger charge is 2.23. The maximum Gasteiger partial charge on any atom is 0.241 e. The van der Waals surface area contributed by atoms with Gasteiger partial charge in [0.05, 0.1) is 10.9 Å². The van der Waals surface area contributed by atoms with Crippen molar-refractivity contribution in [2.24, 2.45) is 0 Å². The Morgan fingerprint density at radius 1 is 1.00 bits per heavy atom. The molecule has 0 spiro atoms.